The van der Waals surface area contributed by atoms with E-state index in [9.17, 15) is 17.6 Å². The summed E-state index contributed by atoms with van der Waals surface area (Å²) in [6.07, 6.45) is 3.78. The van der Waals surface area contributed by atoms with Crippen LogP contribution in [0.25, 0.3) is 0 Å². The number of rotatable bonds is 3. The molecule has 0 heterocycles. The summed E-state index contributed by atoms with van der Waals surface area (Å²) in [5.41, 5.74) is -0.114. The summed E-state index contributed by atoms with van der Waals surface area (Å²) >= 11 is 0. The molecule has 0 radical (unpaired) electrons. The Kier molecular flexibility index (Phi) is 4.34. The van der Waals surface area contributed by atoms with Crippen LogP contribution in [-0.4, -0.2) is 20.4 Å². The molecule has 1 fully saturated rings. The molecule has 0 bridgehead atoms. The monoisotopic (exact) mass is 319 g/mol. The Balaban J connectivity index is 2.33. The van der Waals surface area contributed by atoms with E-state index in [1.165, 1.54) is 6.92 Å². The van der Waals surface area contributed by atoms with Crippen LogP contribution in [0.1, 0.15) is 41.6 Å². The van der Waals surface area contributed by atoms with Gasteiger partial charge in [-0.2, -0.15) is 0 Å². The molecule has 1 saturated carbocycles. The highest BCUT2D eigenvalue weighted by atomic mass is 35.7. The van der Waals surface area contributed by atoms with Crippen LogP contribution in [0.15, 0.2) is 17.0 Å². The van der Waals surface area contributed by atoms with Crippen molar-refractivity contribution in [3.8, 4) is 0 Å². The molecular formula is C13H15ClFNO3S. The predicted octanol–water partition coefficient (Wildman–Crippen LogP) is 2.73. The lowest BCUT2D eigenvalue weighted by molar-refractivity contribution is 0.0933. The predicted molar refractivity (Wildman–Crippen MR) is 73.9 cm³/mol. The summed E-state index contributed by atoms with van der Waals surface area (Å²) in [5, 5.41) is 2.72. The Hall–Kier alpha value is -1.14. The van der Waals surface area contributed by atoms with Gasteiger partial charge >= 0.3 is 0 Å². The average molecular weight is 320 g/mol. The first kappa shape index (κ1) is 15.3. The smallest absolute Gasteiger partial charge is 0.261 e. The summed E-state index contributed by atoms with van der Waals surface area (Å²) in [5.74, 6) is -1.35. The van der Waals surface area contributed by atoms with Crippen LogP contribution in [0, 0.1) is 12.7 Å². The number of nitrogens with one attached hydrogen (secondary N) is 1. The van der Waals surface area contributed by atoms with Crippen molar-refractivity contribution in [2.24, 2.45) is 0 Å². The fraction of sp³-hybridized carbons (Fsp3) is 0.462. The van der Waals surface area contributed by atoms with Crippen molar-refractivity contribution in [3.05, 3.63) is 29.1 Å². The maximum absolute atomic E-state index is 13.8. The summed E-state index contributed by atoms with van der Waals surface area (Å²) < 4.78 is 36.6. The minimum absolute atomic E-state index is 0.0271. The van der Waals surface area contributed by atoms with Gasteiger partial charge in [-0.1, -0.05) is 12.8 Å². The van der Waals surface area contributed by atoms with Crippen molar-refractivity contribution in [2.75, 3.05) is 0 Å². The van der Waals surface area contributed by atoms with Crippen LogP contribution in [-0.2, 0) is 9.05 Å². The molecule has 1 aliphatic rings. The van der Waals surface area contributed by atoms with E-state index >= 15 is 0 Å². The largest absolute Gasteiger partial charge is 0.349 e. The van der Waals surface area contributed by atoms with Crippen LogP contribution in [0.4, 0.5) is 4.39 Å². The second-order valence-corrected chi connectivity index (χ2v) is 7.52. The fourth-order valence-electron chi connectivity index (χ4n) is 2.42. The molecule has 110 valence electrons. The van der Waals surface area contributed by atoms with Crippen molar-refractivity contribution in [2.45, 2.75) is 43.5 Å². The van der Waals surface area contributed by atoms with E-state index < -0.39 is 20.8 Å². The molecule has 0 atom stereocenters. The molecular weight excluding hydrogens is 305 g/mol. The van der Waals surface area contributed by atoms with E-state index in [-0.39, 0.29) is 22.1 Å². The second kappa shape index (κ2) is 5.69. The third-order valence-electron chi connectivity index (χ3n) is 3.46. The highest BCUT2D eigenvalue weighted by Gasteiger charge is 2.23. The molecule has 1 amide bonds. The zero-order chi connectivity index (χ0) is 14.9. The van der Waals surface area contributed by atoms with Crippen LogP contribution in [0.3, 0.4) is 0 Å². The molecule has 1 aliphatic carbocycles. The van der Waals surface area contributed by atoms with Crippen LogP contribution in [0.5, 0.6) is 0 Å². The molecule has 0 unspecified atom stereocenters. The Morgan fingerprint density at radius 2 is 1.95 bits per heavy atom. The van der Waals surface area contributed by atoms with Crippen LogP contribution >= 0.6 is 10.7 Å². The Labute approximate surface area is 121 Å². The van der Waals surface area contributed by atoms with Gasteiger partial charge in [0.1, 0.15) is 5.82 Å². The van der Waals surface area contributed by atoms with Gasteiger partial charge < -0.3 is 5.32 Å². The SMILES string of the molecule is Cc1cc(F)c(C(=O)NC2CCCC2)cc1S(=O)(=O)Cl. The van der Waals surface area contributed by atoms with E-state index in [2.05, 4.69) is 5.32 Å². The zero-order valence-electron chi connectivity index (χ0n) is 10.9. The van der Waals surface area contributed by atoms with Crippen LogP contribution in [0.2, 0.25) is 0 Å². The number of halogens is 2. The molecule has 1 N–H and O–H groups in total. The number of carbonyl (C=O) groups excluding carboxylic acids is 1. The molecule has 2 rings (SSSR count). The lowest BCUT2D eigenvalue weighted by atomic mass is 10.1. The molecule has 0 saturated heterocycles. The van der Waals surface area contributed by atoms with Crippen molar-refractivity contribution in [3.63, 3.8) is 0 Å². The van der Waals surface area contributed by atoms with Gasteiger partial charge in [0.25, 0.3) is 15.0 Å². The van der Waals surface area contributed by atoms with Gasteiger partial charge in [0.05, 0.1) is 10.5 Å². The normalized spacial score (nSPS) is 16.4. The quantitative estimate of drug-likeness (QED) is 0.871. The minimum Gasteiger partial charge on any atom is -0.349 e. The molecule has 20 heavy (non-hydrogen) atoms. The Morgan fingerprint density at radius 1 is 1.35 bits per heavy atom. The second-order valence-electron chi connectivity index (χ2n) is 4.99. The molecule has 7 heteroatoms. The number of hydrogen-bond donors (Lipinski definition) is 1. The van der Waals surface area contributed by atoms with E-state index in [1.807, 2.05) is 0 Å². The standard InChI is InChI=1S/C13H15ClFNO3S/c1-8-6-11(15)10(7-12(8)20(14,18)19)13(17)16-9-4-2-3-5-9/h6-7,9H,2-5H2,1H3,(H,16,17). The highest BCUT2D eigenvalue weighted by molar-refractivity contribution is 8.13. The molecule has 0 spiro atoms. The summed E-state index contributed by atoms with van der Waals surface area (Å²) in [6, 6.07) is 2.04. The number of carbonyl (C=O) groups is 1. The molecule has 0 aromatic heterocycles. The average Bonchev–Trinajstić information content (AvgIpc) is 2.79. The lowest BCUT2D eigenvalue weighted by Gasteiger charge is -2.13. The summed E-state index contributed by atoms with van der Waals surface area (Å²) in [7, 11) is 1.27. The maximum atomic E-state index is 13.8. The van der Waals surface area contributed by atoms with Gasteiger partial charge in [-0.25, -0.2) is 12.8 Å². The number of benzene rings is 1. The molecule has 1 aromatic rings. The number of aryl methyl sites for hydroxylation is 1. The number of hydrogen-bond acceptors (Lipinski definition) is 3. The number of amides is 1. The highest BCUT2D eigenvalue weighted by Crippen LogP contribution is 2.24. The van der Waals surface area contributed by atoms with Crippen molar-refractivity contribution in [1.29, 1.82) is 0 Å². The van der Waals surface area contributed by atoms with Gasteiger partial charge in [-0.15, -0.1) is 0 Å². The minimum atomic E-state index is -4.01. The first-order chi connectivity index (χ1) is 9.29. The first-order valence-corrected chi connectivity index (χ1v) is 8.65. The lowest BCUT2D eigenvalue weighted by Crippen LogP contribution is -2.33. The van der Waals surface area contributed by atoms with E-state index in [0.717, 1.165) is 37.8 Å². The van der Waals surface area contributed by atoms with E-state index in [0.29, 0.717) is 0 Å². The van der Waals surface area contributed by atoms with E-state index in [1.54, 1.807) is 0 Å². The Bertz CT molecular complexity index is 639. The fourth-order valence-corrected chi connectivity index (χ4v) is 3.62. The van der Waals surface area contributed by atoms with Crippen molar-refractivity contribution < 1.29 is 17.6 Å². The maximum Gasteiger partial charge on any atom is 0.261 e. The Morgan fingerprint density at radius 3 is 2.50 bits per heavy atom. The van der Waals surface area contributed by atoms with Gasteiger partial charge in [0, 0.05) is 16.7 Å². The van der Waals surface area contributed by atoms with Gasteiger partial charge in [0.15, 0.2) is 0 Å². The summed E-state index contributed by atoms with van der Waals surface area (Å²) in [4.78, 5) is 11.8. The molecule has 4 nitrogen and oxygen atoms in total. The van der Waals surface area contributed by atoms with Crippen molar-refractivity contribution >= 4 is 25.6 Å². The van der Waals surface area contributed by atoms with Gasteiger partial charge in [-0.3, -0.25) is 4.79 Å². The first-order valence-electron chi connectivity index (χ1n) is 6.34. The molecule has 1 aromatic carbocycles. The van der Waals surface area contributed by atoms with Gasteiger partial charge in [-0.05, 0) is 37.5 Å². The third-order valence-corrected chi connectivity index (χ3v) is 4.93. The van der Waals surface area contributed by atoms with E-state index in [4.69, 9.17) is 10.7 Å². The van der Waals surface area contributed by atoms with Gasteiger partial charge in [0.2, 0.25) is 0 Å². The van der Waals surface area contributed by atoms with Crippen molar-refractivity contribution in [1.82, 2.24) is 5.32 Å². The summed E-state index contributed by atoms with van der Waals surface area (Å²) in [6.45, 7) is 1.43. The van der Waals surface area contributed by atoms with Crippen LogP contribution < -0.4 is 5.32 Å². The zero-order valence-corrected chi connectivity index (χ0v) is 12.5. The third kappa shape index (κ3) is 3.30. The molecule has 0 aliphatic heterocycles. The topological polar surface area (TPSA) is 63.2 Å².